The highest BCUT2D eigenvalue weighted by Gasteiger charge is 2.22. The van der Waals surface area contributed by atoms with Crippen molar-refractivity contribution >= 4 is 17.5 Å². The van der Waals surface area contributed by atoms with E-state index in [2.05, 4.69) is 0 Å². The fourth-order valence-corrected chi connectivity index (χ4v) is 2.98. The highest BCUT2D eigenvalue weighted by atomic mass is 32.2. The molecule has 15 heavy (non-hydrogen) atoms. The van der Waals surface area contributed by atoms with Gasteiger partial charge < -0.3 is 0 Å². The number of rotatable bonds is 2. The average Bonchev–Trinajstić information content (AvgIpc) is 2.22. The van der Waals surface area contributed by atoms with Crippen molar-refractivity contribution in [3.05, 3.63) is 30.1 Å². The normalized spacial score (nSPS) is 21.7. The lowest BCUT2D eigenvalue weighted by atomic mass is 9.99. The Labute approximate surface area is 93.1 Å². The fourth-order valence-electron chi connectivity index (χ4n) is 1.78. The van der Waals surface area contributed by atoms with Gasteiger partial charge in [0.1, 0.15) is 11.6 Å². The van der Waals surface area contributed by atoms with E-state index in [0.29, 0.717) is 12.2 Å². The van der Waals surface area contributed by atoms with Crippen LogP contribution in [-0.4, -0.2) is 11.0 Å². The minimum atomic E-state index is -0.233. The largest absolute Gasteiger partial charge is 0.298 e. The third-order valence-corrected chi connectivity index (χ3v) is 3.88. The number of benzene rings is 1. The summed E-state index contributed by atoms with van der Waals surface area (Å²) in [6.07, 6.45) is 3.74. The van der Waals surface area contributed by atoms with Gasteiger partial charge in [0, 0.05) is 11.3 Å². The van der Waals surface area contributed by atoms with Gasteiger partial charge in [-0.1, -0.05) is 12.5 Å². The van der Waals surface area contributed by atoms with E-state index < -0.39 is 0 Å². The molecule has 0 saturated heterocycles. The van der Waals surface area contributed by atoms with Gasteiger partial charge in [-0.2, -0.15) is 0 Å². The molecular formula is C12H13FOS. The molecule has 1 aliphatic carbocycles. The molecule has 80 valence electrons. The van der Waals surface area contributed by atoms with Crippen LogP contribution >= 0.6 is 11.8 Å². The smallest absolute Gasteiger partial charge is 0.146 e. The topological polar surface area (TPSA) is 17.1 Å². The van der Waals surface area contributed by atoms with Crippen molar-refractivity contribution in [3.63, 3.8) is 0 Å². The van der Waals surface area contributed by atoms with Crippen LogP contribution < -0.4 is 0 Å². The third-order valence-electron chi connectivity index (χ3n) is 2.57. The lowest BCUT2D eigenvalue weighted by Crippen LogP contribution is -2.21. The predicted octanol–water partition coefficient (Wildman–Crippen LogP) is 3.43. The molecule has 1 unspecified atom stereocenters. The van der Waals surface area contributed by atoms with Gasteiger partial charge in [-0.3, -0.25) is 4.79 Å². The zero-order chi connectivity index (χ0) is 10.7. The average molecular weight is 224 g/mol. The molecular weight excluding hydrogens is 211 g/mol. The highest BCUT2D eigenvalue weighted by Crippen LogP contribution is 2.31. The van der Waals surface area contributed by atoms with Crippen molar-refractivity contribution in [2.75, 3.05) is 0 Å². The maximum absolute atomic E-state index is 12.9. The Hall–Kier alpha value is -0.830. The van der Waals surface area contributed by atoms with E-state index in [1.165, 1.54) is 23.9 Å². The molecule has 0 bridgehead atoms. The maximum Gasteiger partial charge on any atom is 0.146 e. The Kier molecular flexibility index (Phi) is 3.41. The van der Waals surface area contributed by atoms with Gasteiger partial charge in [0.05, 0.1) is 5.25 Å². The van der Waals surface area contributed by atoms with E-state index >= 15 is 0 Å². The van der Waals surface area contributed by atoms with Gasteiger partial charge in [0.15, 0.2) is 0 Å². The van der Waals surface area contributed by atoms with Crippen LogP contribution in [0.4, 0.5) is 4.39 Å². The number of Topliss-reactive ketones (excluding diaryl/α,β-unsaturated/α-hetero) is 1. The van der Waals surface area contributed by atoms with Crippen molar-refractivity contribution in [2.24, 2.45) is 0 Å². The van der Waals surface area contributed by atoms with E-state index in [-0.39, 0.29) is 11.1 Å². The summed E-state index contributed by atoms with van der Waals surface area (Å²) in [5.74, 6) is 0.0822. The summed E-state index contributed by atoms with van der Waals surface area (Å²) in [7, 11) is 0. The van der Waals surface area contributed by atoms with E-state index in [0.717, 1.165) is 24.2 Å². The molecule has 0 amide bonds. The summed E-state index contributed by atoms with van der Waals surface area (Å²) in [6, 6.07) is 6.46. The molecule has 1 aromatic carbocycles. The molecule has 0 spiro atoms. The molecule has 1 fully saturated rings. The Morgan fingerprint density at radius 1 is 1.33 bits per heavy atom. The Balaban J connectivity index is 2.04. The van der Waals surface area contributed by atoms with E-state index in [1.807, 2.05) is 6.07 Å². The van der Waals surface area contributed by atoms with Crippen LogP contribution in [0.2, 0.25) is 0 Å². The number of ketones is 1. The number of halogens is 1. The van der Waals surface area contributed by atoms with Gasteiger partial charge in [-0.15, -0.1) is 11.8 Å². The Bertz CT molecular complexity index is 364. The SMILES string of the molecule is O=C1CCCCC1Sc1cccc(F)c1. The lowest BCUT2D eigenvalue weighted by molar-refractivity contribution is -0.119. The fraction of sp³-hybridized carbons (Fsp3) is 0.417. The molecule has 0 heterocycles. The van der Waals surface area contributed by atoms with Crippen LogP contribution in [0.25, 0.3) is 0 Å². The van der Waals surface area contributed by atoms with Crippen molar-refractivity contribution in [2.45, 2.75) is 35.8 Å². The molecule has 1 aliphatic rings. The summed E-state index contributed by atoms with van der Waals surface area (Å²) in [5, 5.41) is 0.0422. The molecule has 0 N–H and O–H groups in total. The molecule has 0 aliphatic heterocycles. The molecule has 1 atom stereocenters. The van der Waals surface area contributed by atoms with Gasteiger partial charge in [-0.25, -0.2) is 4.39 Å². The highest BCUT2D eigenvalue weighted by molar-refractivity contribution is 8.00. The van der Waals surface area contributed by atoms with Crippen LogP contribution in [0.3, 0.4) is 0 Å². The number of thioether (sulfide) groups is 1. The zero-order valence-corrected chi connectivity index (χ0v) is 9.23. The molecule has 2 rings (SSSR count). The number of carbonyl (C=O) groups excluding carboxylic acids is 1. The zero-order valence-electron chi connectivity index (χ0n) is 8.41. The van der Waals surface area contributed by atoms with Crippen molar-refractivity contribution in [3.8, 4) is 0 Å². The first-order valence-electron chi connectivity index (χ1n) is 5.20. The first kappa shape index (κ1) is 10.7. The first-order chi connectivity index (χ1) is 7.25. The van der Waals surface area contributed by atoms with Gasteiger partial charge >= 0.3 is 0 Å². The molecule has 1 nitrogen and oxygen atoms in total. The first-order valence-corrected chi connectivity index (χ1v) is 6.08. The molecule has 1 aromatic rings. The van der Waals surface area contributed by atoms with E-state index in [9.17, 15) is 9.18 Å². The Morgan fingerprint density at radius 3 is 2.93 bits per heavy atom. The minimum absolute atomic E-state index is 0.0422. The van der Waals surface area contributed by atoms with Crippen LogP contribution in [-0.2, 0) is 4.79 Å². The second-order valence-electron chi connectivity index (χ2n) is 3.78. The summed E-state index contributed by atoms with van der Waals surface area (Å²) in [5.41, 5.74) is 0. The molecule has 0 aromatic heterocycles. The standard InChI is InChI=1S/C12H13FOS/c13-9-4-3-5-10(8-9)15-12-7-2-1-6-11(12)14/h3-5,8,12H,1-2,6-7H2. The monoisotopic (exact) mass is 224 g/mol. The summed E-state index contributed by atoms with van der Waals surface area (Å²) in [6.45, 7) is 0. The summed E-state index contributed by atoms with van der Waals surface area (Å²) in [4.78, 5) is 12.4. The Morgan fingerprint density at radius 2 is 2.20 bits per heavy atom. The number of hydrogen-bond donors (Lipinski definition) is 0. The quantitative estimate of drug-likeness (QED) is 0.765. The predicted molar refractivity (Wildman–Crippen MR) is 59.5 cm³/mol. The second kappa shape index (κ2) is 4.79. The number of hydrogen-bond acceptors (Lipinski definition) is 2. The van der Waals surface area contributed by atoms with Gasteiger partial charge in [-0.05, 0) is 31.0 Å². The van der Waals surface area contributed by atoms with Crippen LogP contribution in [0.1, 0.15) is 25.7 Å². The van der Waals surface area contributed by atoms with Crippen molar-refractivity contribution in [1.29, 1.82) is 0 Å². The second-order valence-corrected chi connectivity index (χ2v) is 5.05. The summed E-state index contributed by atoms with van der Waals surface area (Å²) < 4.78 is 12.9. The van der Waals surface area contributed by atoms with Crippen molar-refractivity contribution in [1.82, 2.24) is 0 Å². The van der Waals surface area contributed by atoms with Crippen molar-refractivity contribution < 1.29 is 9.18 Å². The summed E-state index contributed by atoms with van der Waals surface area (Å²) >= 11 is 1.50. The molecule has 3 heteroatoms. The van der Waals surface area contributed by atoms with Crippen LogP contribution in [0, 0.1) is 5.82 Å². The lowest BCUT2D eigenvalue weighted by Gasteiger charge is -2.19. The maximum atomic E-state index is 12.9. The van der Waals surface area contributed by atoms with E-state index in [1.54, 1.807) is 6.07 Å². The van der Waals surface area contributed by atoms with Crippen LogP contribution in [0.5, 0.6) is 0 Å². The molecule has 0 radical (unpaired) electrons. The van der Waals surface area contributed by atoms with Gasteiger partial charge in [0.25, 0.3) is 0 Å². The third kappa shape index (κ3) is 2.81. The van der Waals surface area contributed by atoms with E-state index in [4.69, 9.17) is 0 Å². The van der Waals surface area contributed by atoms with Crippen LogP contribution in [0.15, 0.2) is 29.2 Å². The molecule has 1 saturated carbocycles. The van der Waals surface area contributed by atoms with Gasteiger partial charge in [0.2, 0.25) is 0 Å². The number of carbonyl (C=O) groups is 1. The minimum Gasteiger partial charge on any atom is -0.298 e.